The van der Waals surface area contributed by atoms with E-state index in [4.69, 9.17) is 4.74 Å². The maximum absolute atomic E-state index is 12.7. The van der Waals surface area contributed by atoms with E-state index in [1.54, 1.807) is 6.07 Å². The number of nitrogens with zero attached hydrogens (tertiary/aromatic N) is 5. The van der Waals surface area contributed by atoms with Crippen LogP contribution >= 0.6 is 0 Å². The second-order valence-corrected chi connectivity index (χ2v) is 8.93. The zero-order valence-electron chi connectivity index (χ0n) is 15.8. The van der Waals surface area contributed by atoms with Crippen LogP contribution < -0.4 is 4.90 Å². The second-order valence-electron chi connectivity index (χ2n) is 6.99. The monoisotopic (exact) mass is 403 g/mol. The van der Waals surface area contributed by atoms with Crippen molar-refractivity contribution in [3.63, 3.8) is 0 Å². The second kappa shape index (κ2) is 8.52. The summed E-state index contributed by atoms with van der Waals surface area (Å²) >= 11 is 0. The zero-order chi connectivity index (χ0) is 19.4. The van der Waals surface area contributed by atoms with E-state index in [9.17, 15) is 8.42 Å². The number of hydrogen-bond donors (Lipinski definition) is 0. The molecule has 0 aromatic carbocycles. The van der Waals surface area contributed by atoms with Crippen molar-refractivity contribution >= 4 is 15.8 Å². The molecule has 0 radical (unpaired) electrons. The lowest BCUT2D eigenvalue weighted by Gasteiger charge is -2.35. The Morgan fingerprint density at radius 2 is 1.64 bits per heavy atom. The summed E-state index contributed by atoms with van der Waals surface area (Å²) in [5, 5.41) is 0. The first-order chi connectivity index (χ1) is 13.6. The molecule has 0 atom stereocenters. The molecule has 2 aromatic rings. The van der Waals surface area contributed by atoms with E-state index < -0.39 is 10.0 Å². The highest BCUT2D eigenvalue weighted by molar-refractivity contribution is 7.89. The number of ether oxygens (including phenoxy) is 1. The SMILES string of the molecule is O=S(=O)(c1ccc(N2CCN(Cc3ccncc3)CC2)nc1)N1CCOCC1. The molecule has 9 heteroatoms. The first-order valence-electron chi connectivity index (χ1n) is 9.53. The molecule has 8 nitrogen and oxygen atoms in total. The summed E-state index contributed by atoms with van der Waals surface area (Å²) in [6, 6.07) is 7.56. The van der Waals surface area contributed by atoms with Crippen molar-refractivity contribution in [3.8, 4) is 0 Å². The predicted octanol–water partition coefficient (Wildman–Crippen LogP) is 0.820. The molecule has 4 rings (SSSR count). The van der Waals surface area contributed by atoms with Crippen LogP contribution in [0.2, 0.25) is 0 Å². The number of aromatic nitrogens is 2. The molecular formula is C19H25N5O3S. The van der Waals surface area contributed by atoms with E-state index in [1.807, 2.05) is 30.6 Å². The minimum absolute atomic E-state index is 0.245. The molecular weight excluding hydrogens is 378 g/mol. The number of piperazine rings is 1. The Bertz CT molecular complexity index is 862. The van der Waals surface area contributed by atoms with Crippen LogP contribution in [-0.4, -0.2) is 80.1 Å². The lowest BCUT2D eigenvalue weighted by Crippen LogP contribution is -2.46. The van der Waals surface area contributed by atoms with Gasteiger partial charge in [0.2, 0.25) is 10.0 Å². The van der Waals surface area contributed by atoms with E-state index >= 15 is 0 Å². The third-order valence-corrected chi connectivity index (χ3v) is 7.06. The molecule has 2 saturated heterocycles. The van der Waals surface area contributed by atoms with Crippen molar-refractivity contribution in [1.29, 1.82) is 0 Å². The van der Waals surface area contributed by atoms with Crippen LogP contribution in [-0.2, 0) is 21.3 Å². The Morgan fingerprint density at radius 3 is 2.29 bits per heavy atom. The summed E-state index contributed by atoms with van der Waals surface area (Å²) in [4.78, 5) is 13.3. The first kappa shape index (κ1) is 19.3. The molecule has 28 heavy (non-hydrogen) atoms. The number of sulfonamides is 1. The van der Waals surface area contributed by atoms with Crippen LogP contribution in [0.4, 0.5) is 5.82 Å². The molecule has 2 aromatic heterocycles. The highest BCUT2D eigenvalue weighted by atomic mass is 32.2. The van der Waals surface area contributed by atoms with Crippen molar-refractivity contribution in [2.75, 3.05) is 57.4 Å². The van der Waals surface area contributed by atoms with Gasteiger partial charge in [0.05, 0.1) is 13.2 Å². The number of morpholine rings is 1. The molecule has 0 aliphatic carbocycles. The van der Waals surface area contributed by atoms with Gasteiger partial charge in [-0.3, -0.25) is 9.88 Å². The van der Waals surface area contributed by atoms with Crippen LogP contribution in [0.3, 0.4) is 0 Å². The topological polar surface area (TPSA) is 78.9 Å². The molecule has 4 heterocycles. The number of anilines is 1. The standard InChI is InChI=1S/C19H25N5O3S/c25-28(26,24-11-13-27-14-12-24)18-1-2-19(21-15-18)23-9-7-22(8-10-23)16-17-3-5-20-6-4-17/h1-6,15H,7-14,16H2. The Balaban J connectivity index is 1.36. The lowest BCUT2D eigenvalue weighted by atomic mass is 10.2. The summed E-state index contributed by atoms with van der Waals surface area (Å²) in [5.41, 5.74) is 1.26. The molecule has 0 saturated carbocycles. The molecule has 0 N–H and O–H groups in total. The highest BCUT2D eigenvalue weighted by Crippen LogP contribution is 2.20. The Morgan fingerprint density at radius 1 is 0.929 bits per heavy atom. The van der Waals surface area contributed by atoms with Crippen LogP contribution in [0.1, 0.15) is 5.56 Å². The highest BCUT2D eigenvalue weighted by Gasteiger charge is 2.27. The molecule has 2 aliphatic heterocycles. The van der Waals surface area contributed by atoms with Gasteiger partial charge in [0.1, 0.15) is 10.7 Å². The molecule has 0 amide bonds. The van der Waals surface area contributed by atoms with Crippen molar-refractivity contribution < 1.29 is 13.2 Å². The van der Waals surface area contributed by atoms with Gasteiger partial charge in [-0.2, -0.15) is 4.31 Å². The first-order valence-corrected chi connectivity index (χ1v) is 11.0. The molecule has 0 unspecified atom stereocenters. The van der Waals surface area contributed by atoms with Gasteiger partial charge in [0.15, 0.2) is 0 Å². The Hall–Kier alpha value is -2.07. The Kier molecular flexibility index (Phi) is 5.86. The molecule has 0 spiro atoms. The van der Waals surface area contributed by atoms with E-state index in [0.29, 0.717) is 26.3 Å². The van der Waals surface area contributed by atoms with Crippen LogP contribution in [0.25, 0.3) is 0 Å². The maximum atomic E-state index is 12.7. The molecule has 0 bridgehead atoms. The number of hydrogen-bond acceptors (Lipinski definition) is 7. The predicted molar refractivity (Wildman–Crippen MR) is 106 cm³/mol. The van der Waals surface area contributed by atoms with E-state index in [0.717, 1.165) is 38.5 Å². The van der Waals surface area contributed by atoms with Gasteiger partial charge in [0, 0.05) is 64.4 Å². The quantitative estimate of drug-likeness (QED) is 0.731. The maximum Gasteiger partial charge on any atom is 0.244 e. The van der Waals surface area contributed by atoms with Gasteiger partial charge in [0.25, 0.3) is 0 Å². The normalized spacial score (nSPS) is 19.6. The third-order valence-electron chi connectivity index (χ3n) is 5.18. The summed E-state index contributed by atoms with van der Waals surface area (Å²) in [6.45, 7) is 6.20. The average molecular weight is 404 g/mol. The van der Waals surface area contributed by atoms with Crippen molar-refractivity contribution in [1.82, 2.24) is 19.2 Å². The van der Waals surface area contributed by atoms with Crippen LogP contribution in [0.5, 0.6) is 0 Å². The van der Waals surface area contributed by atoms with Gasteiger partial charge < -0.3 is 9.64 Å². The van der Waals surface area contributed by atoms with Crippen molar-refractivity contribution in [2.45, 2.75) is 11.4 Å². The van der Waals surface area contributed by atoms with E-state index in [2.05, 4.69) is 19.8 Å². The molecule has 150 valence electrons. The van der Waals surface area contributed by atoms with Gasteiger partial charge in [-0.05, 0) is 29.8 Å². The van der Waals surface area contributed by atoms with Crippen molar-refractivity contribution in [3.05, 3.63) is 48.4 Å². The minimum Gasteiger partial charge on any atom is -0.379 e. The van der Waals surface area contributed by atoms with Gasteiger partial charge >= 0.3 is 0 Å². The summed E-state index contributed by atoms with van der Waals surface area (Å²) < 4.78 is 32.1. The van der Waals surface area contributed by atoms with Crippen LogP contribution in [0.15, 0.2) is 47.8 Å². The zero-order valence-corrected chi connectivity index (χ0v) is 16.6. The summed E-state index contributed by atoms with van der Waals surface area (Å²) in [7, 11) is -3.49. The van der Waals surface area contributed by atoms with Gasteiger partial charge in [-0.15, -0.1) is 0 Å². The fraction of sp³-hybridized carbons (Fsp3) is 0.474. The molecule has 2 fully saturated rings. The van der Waals surface area contributed by atoms with Gasteiger partial charge in [-0.25, -0.2) is 13.4 Å². The number of rotatable bonds is 5. The smallest absolute Gasteiger partial charge is 0.244 e. The van der Waals surface area contributed by atoms with E-state index in [1.165, 1.54) is 16.1 Å². The third kappa shape index (κ3) is 4.33. The summed E-state index contributed by atoms with van der Waals surface area (Å²) in [5.74, 6) is 0.824. The van der Waals surface area contributed by atoms with Gasteiger partial charge in [-0.1, -0.05) is 0 Å². The minimum atomic E-state index is -3.49. The van der Waals surface area contributed by atoms with Crippen molar-refractivity contribution in [2.24, 2.45) is 0 Å². The fourth-order valence-corrected chi connectivity index (χ4v) is 4.88. The van der Waals surface area contributed by atoms with Crippen LogP contribution in [0, 0.1) is 0 Å². The van der Waals surface area contributed by atoms with E-state index in [-0.39, 0.29) is 4.90 Å². The largest absolute Gasteiger partial charge is 0.379 e. The summed E-state index contributed by atoms with van der Waals surface area (Å²) in [6.07, 6.45) is 5.12. The average Bonchev–Trinajstić information content (AvgIpc) is 2.76. The lowest BCUT2D eigenvalue weighted by molar-refractivity contribution is 0.0730. The fourth-order valence-electron chi connectivity index (χ4n) is 3.53. The number of pyridine rings is 2. The molecule has 2 aliphatic rings. The Labute approximate surface area is 165 Å².